The van der Waals surface area contributed by atoms with Gasteiger partial charge in [0, 0.05) is 38.9 Å². The molecule has 0 saturated carbocycles. The van der Waals surface area contributed by atoms with Crippen LogP contribution in [0.1, 0.15) is 31.0 Å². The van der Waals surface area contributed by atoms with Gasteiger partial charge in [0.1, 0.15) is 11.6 Å². The summed E-state index contributed by atoms with van der Waals surface area (Å²) in [4.78, 5) is 2.16. The highest BCUT2D eigenvalue weighted by atomic mass is 19.1. The zero-order valence-corrected chi connectivity index (χ0v) is 20.4. The molecule has 0 aliphatic carbocycles. The average molecular weight is 484 g/mol. The van der Waals surface area contributed by atoms with E-state index in [1.807, 2.05) is 44.2 Å². The summed E-state index contributed by atoms with van der Waals surface area (Å²) in [6, 6.07) is 15.8. The van der Waals surface area contributed by atoms with Crippen LogP contribution in [0.25, 0.3) is 5.69 Å². The molecule has 188 valence electrons. The molecule has 7 nitrogen and oxygen atoms in total. The number of aromatic nitrogens is 2. The molecule has 0 unspecified atom stereocenters. The molecule has 0 spiro atoms. The van der Waals surface area contributed by atoms with Crippen LogP contribution < -0.4 is 4.74 Å². The number of rotatable bonds is 12. The van der Waals surface area contributed by atoms with Crippen molar-refractivity contribution in [3.05, 3.63) is 71.7 Å². The predicted octanol–water partition coefficient (Wildman–Crippen LogP) is 4.49. The Bertz CT molecular complexity index is 1070. The van der Waals surface area contributed by atoms with Gasteiger partial charge in [0.05, 0.1) is 35.8 Å². The molecule has 1 saturated heterocycles. The quantitative estimate of drug-likeness (QED) is 0.409. The molecular formula is C27H34FN3O4. The highest BCUT2D eigenvalue weighted by Crippen LogP contribution is 2.32. The zero-order chi connectivity index (χ0) is 24.6. The van der Waals surface area contributed by atoms with E-state index in [9.17, 15) is 9.50 Å². The number of aryl methyl sites for hydroxylation is 1. The van der Waals surface area contributed by atoms with Crippen molar-refractivity contribution < 1.29 is 23.7 Å². The molecule has 0 radical (unpaired) electrons. The van der Waals surface area contributed by atoms with Gasteiger partial charge in [0.2, 0.25) is 5.88 Å². The highest BCUT2D eigenvalue weighted by Gasteiger charge is 2.26. The number of ether oxygens (including phenoxy) is 3. The van der Waals surface area contributed by atoms with Crippen LogP contribution in [0.4, 0.5) is 4.39 Å². The Morgan fingerprint density at radius 3 is 2.77 bits per heavy atom. The van der Waals surface area contributed by atoms with Gasteiger partial charge >= 0.3 is 0 Å². The minimum atomic E-state index is -0.631. The van der Waals surface area contributed by atoms with Crippen LogP contribution in [0.3, 0.4) is 0 Å². The first-order valence-electron chi connectivity index (χ1n) is 12.2. The number of hydrogen-bond donors (Lipinski definition) is 1. The molecule has 2 atom stereocenters. The maximum Gasteiger partial charge on any atom is 0.227 e. The van der Waals surface area contributed by atoms with Gasteiger partial charge in [-0.25, -0.2) is 9.07 Å². The van der Waals surface area contributed by atoms with Crippen LogP contribution in [0.15, 0.2) is 54.6 Å². The Morgan fingerprint density at radius 2 is 2.06 bits per heavy atom. The normalized spacial score (nSPS) is 16.7. The molecule has 1 aliphatic heterocycles. The molecule has 1 aromatic heterocycles. The number of hydrogen-bond acceptors (Lipinski definition) is 6. The molecule has 2 aromatic carbocycles. The number of benzene rings is 2. The van der Waals surface area contributed by atoms with Crippen molar-refractivity contribution in [2.45, 2.75) is 45.4 Å². The van der Waals surface area contributed by atoms with Crippen LogP contribution in [-0.4, -0.2) is 64.9 Å². The minimum Gasteiger partial charge on any atom is -0.438 e. The molecule has 3 aromatic rings. The van der Waals surface area contributed by atoms with E-state index in [1.54, 1.807) is 16.8 Å². The summed E-state index contributed by atoms with van der Waals surface area (Å²) < 4.78 is 33.2. The van der Waals surface area contributed by atoms with Gasteiger partial charge < -0.3 is 19.3 Å². The Hall–Kier alpha value is -2.78. The fourth-order valence-electron chi connectivity index (χ4n) is 4.32. The monoisotopic (exact) mass is 483 g/mol. The second kappa shape index (κ2) is 12.3. The largest absolute Gasteiger partial charge is 0.438 e. The van der Waals surface area contributed by atoms with Crippen molar-refractivity contribution in [2.75, 3.05) is 32.9 Å². The lowest BCUT2D eigenvalue weighted by Gasteiger charge is -2.27. The highest BCUT2D eigenvalue weighted by molar-refractivity contribution is 5.43. The molecule has 35 heavy (non-hydrogen) atoms. The number of halogens is 1. The van der Waals surface area contributed by atoms with Crippen LogP contribution in [0, 0.1) is 12.7 Å². The Labute approximate surface area is 206 Å². The maximum absolute atomic E-state index is 13.9. The van der Waals surface area contributed by atoms with E-state index in [2.05, 4.69) is 4.90 Å². The maximum atomic E-state index is 13.9. The Balaban J connectivity index is 1.66. The molecule has 1 fully saturated rings. The lowest BCUT2D eigenvalue weighted by atomic mass is 10.1. The van der Waals surface area contributed by atoms with Gasteiger partial charge in [0.25, 0.3) is 0 Å². The van der Waals surface area contributed by atoms with E-state index in [0.717, 1.165) is 36.4 Å². The van der Waals surface area contributed by atoms with Gasteiger partial charge in [-0.3, -0.25) is 4.90 Å². The summed E-state index contributed by atoms with van der Waals surface area (Å²) in [5, 5.41) is 15.4. The number of aliphatic hydroxyl groups excluding tert-OH is 1. The van der Waals surface area contributed by atoms with Crippen molar-refractivity contribution in [3.8, 4) is 17.3 Å². The first kappa shape index (κ1) is 25.3. The van der Waals surface area contributed by atoms with Crippen molar-refractivity contribution in [2.24, 2.45) is 0 Å². The van der Waals surface area contributed by atoms with Crippen molar-refractivity contribution in [3.63, 3.8) is 0 Å². The van der Waals surface area contributed by atoms with Gasteiger partial charge in [-0.15, -0.1) is 0 Å². The zero-order valence-electron chi connectivity index (χ0n) is 20.4. The number of para-hydroxylation sites is 1. The fourth-order valence-corrected chi connectivity index (χ4v) is 4.32. The van der Waals surface area contributed by atoms with E-state index in [1.165, 1.54) is 12.1 Å². The molecule has 0 amide bonds. The van der Waals surface area contributed by atoms with Crippen LogP contribution in [0.5, 0.6) is 11.6 Å². The fraction of sp³-hybridized carbons (Fsp3) is 0.444. The third-order valence-electron chi connectivity index (χ3n) is 6.00. The smallest absolute Gasteiger partial charge is 0.227 e. The Morgan fingerprint density at radius 1 is 1.23 bits per heavy atom. The van der Waals surface area contributed by atoms with Crippen LogP contribution in [-0.2, 0) is 16.0 Å². The topological polar surface area (TPSA) is 69.0 Å². The first-order chi connectivity index (χ1) is 17.0. The SMILES string of the molecule is CCOC[C@@H](O)CN(Cc1c(C)nn(-c2ccccc2)c1Oc1cccc(F)c1)C[C@@H]1CCCO1. The lowest BCUT2D eigenvalue weighted by Crippen LogP contribution is -2.39. The van der Waals surface area contributed by atoms with Gasteiger partial charge in [-0.05, 0) is 51.0 Å². The van der Waals surface area contributed by atoms with Crippen molar-refractivity contribution >= 4 is 0 Å². The van der Waals surface area contributed by atoms with Crippen LogP contribution in [0.2, 0.25) is 0 Å². The Kier molecular flexibility index (Phi) is 8.87. The third-order valence-corrected chi connectivity index (χ3v) is 6.00. The molecule has 2 heterocycles. The summed E-state index contributed by atoms with van der Waals surface area (Å²) in [7, 11) is 0. The third kappa shape index (κ3) is 6.89. The summed E-state index contributed by atoms with van der Waals surface area (Å²) in [6.45, 7) is 7.03. The first-order valence-corrected chi connectivity index (χ1v) is 12.2. The average Bonchev–Trinajstić information content (AvgIpc) is 3.47. The molecule has 1 N–H and O–H groups in total. The van der Waals surface area contributed by atoms with E-state index in [-0.39, 0.29) is 18.5 Å². The van der Waals surface area contributed by atoms with Crippen LogP contribution >= 0.6 is 0 Å². The lowest BCUT2D eigenvalue weighted by molar-refractivity contribution is 0.00498. The predicted molar refractivity (Wildman–Crippen MR) is 132 cm³/mol. The van der Waals surface area contributed by atoms with Gasteiger partial charge in [-0.1, -0.05) is 24.3 Å². The summed E-state index contributed by atoms with van der Waals surface area (Å²) in [5.41, 5.74) is 2.52. The van der Waals surface area contributed by atoms with Gasteiger partial charge in [0.15, 0.2) is 0 Å². The summed E-state index contributed by atoms with van der Waals surface area (Å²) in [5.74, 6) is 0.548. The molecule has 4 rings (SSSR count). The second-order valence-electron chi connectivity index (χ2n) is 8.82. The van der Waals surface area contributed by atoms with E-state index >= 15 is 0 Å². The summed E-state index contributed by atoms with van der Waals surface area (Å²) >= 11 is 0. The molecule has 0 bridgehead atoms. The standard InChI is InChI=1S/C27H34FN3O4/c1-3-33-19-23(32)16-30(17-25-13-8-14-34-25)18-26-20(2)29-31(22-10-5-4-6-11-22)27(26)35-24-12-7-9-21(28)15-24/h4-7,9-12,15,23,25,32H,3,8,13-14,16-19H2,1-2H3/t23-,25-/m0/s1. The molecule has 1 aliphatic rings. The van der Waals surface area contributed by atoms with Crippen molar-refractivity contribution in [1.29, 1.82) is 0 Å². The summed E-state index contributed by atoms with van der Waals surface area (Å²) in [6.07, 6.45) is 1.52. The van der Waals surface area contributed by atoms with Crippen molar-refractivity contribution in [1.82, 2.24) is 14.7 Å². The number of nitrogens with zero attached hydrogens (tertiary/aromatic N) is 3. The molecular weight excluding hydrogens is 449 g/mol. The van der Waals surface area contributed by atoms with E-state index in [0.29, 0.717) is 37.9 Å². The molecule has 8 heteroatoms. The van der Waals surface area contributed by atoms with E-state index in [4.69, 9.17) is 19.3 Å². The van der Waals surface area contributed by atoms with E-state index < -0.39 is 6.10 Å². The minimum absolute atomic E-state index is 0.117. The van der Waals surface area contributed by atoms with Gasteiger partial charge in [-0.2, -0.15) is 5.10 Å². The number of aliphatic hydroxyl groups is 1. The second-order valence-corrected chi connectivity index (χ2v) is 8.82.